The summed E-state index contributed by atoms with van der Waals surface area (Å²) in [5, 5.41) is 3.56. The average Bonchev–Trinajstić information content (AvgIpc) is 2.64. The van der Waals surface area contributed by atoms with Gasteiger partial charge < -0.3 is 5.32 Å². The first-order chi connectivity index (χ1) is 12.8. The number of amides is 1. The first-order valence-corrected chi connectivity index (χ1v) is 10.7. The fourth-order valence-corrected chi connectivity index (χ4v) is 4.39. The molecule has 0 aliphatic heterocycles. The molecule has 1 amide bonds. The van der Waals surface area contributed by atoms with Crippen molar-refractivity contribution in [1.29, 1.82) is 0 Å². The van der Waals surface area contributed by atoms with E-state index < -0.39 is 10.0 Å². The quantitative estimate of drug-likeness (QED) is 0.722. The molecule has 1 N–H and O–H groups in total. The Balaban J connectivity index is 2.03. The van der Waals surface area contributed by atoms with Crippen molar-refractivity contribution in [2.45, 2.75) is 38.1 Å². The summed E-state index contributed by atoms with van der Waals surface area (Å²) < 4.78 is 26.5. The van der Waals surface area contributed by atoms with Gasteiger partial charge in [-0.05, 0) is 42.3 Å². The van der Waals surface area contributed by atoms with Crippen LogP contribution in [-0.4, -0.2) is 31.7 Å². The molecule has 27 heavy (non-hydrogen) atoms. The zero-order chi connectivity index (χ0) is 20.0. The van der Waals surface area contributed by atoms with Gasteiger partial charge in [-0.1, -0.05) is 49.7 Å². The molecule has 0 saturated carbocycles. The van der Waals surface area contributed by atoms with Crippen molar-refractivity contribution >= 4 is 27.5 Å². The normalized spacial score (nSPS) is 12.8. The number of hydrogen-bond donors (Lipinski definition) is 1. The first-order valence-electron chi connectivity index (χ1n) is 8.91. The molecule has 0 unspecified atom stereocenters. The lowest BCUT2D eigenvalue weighted by Gasteiger charge is -2.19. The fourth-order valence-electron chi connectivity index (χ4n) is 2.80. The van der Waals surface area contributed by atoms with E-state index in [9.17, 15) is 13.2 Å². The molecule has 1 atom stereocenters. The van der Waals surface area contributed by atoms with Crippen molar-refractivity contribution in [3.63, 3.8) is 0 Å². The molecule has 2 aromatic carbocycles. The van der Waals surface area contributed by atoms with Crippen LogP contribution >= 0.6 is 11.6 Å². The zero-order valence-corrected chi connectivity index (χ0v) is 17.3. The standard InChI is InChI=1S/C20H25ClN2O3S/c1-4-23(5-2)27(25,26)19-12-8-17(9-13-19)15(3)22-20(24)14-16-6-10-18(21)11-7-16/h6-13,15H,4-5,14H2,1-3H3,(H,22,24)/t15-/m1/s1. The molecule has 0 saturated heterocycles. The molecular formula is C20H25ClN2O3S. The first kappa shape index (κ1) is 21.4. The fraction of sp³-hybridized carbons (Fsp3) is 0.350. The molecule has 0 aromatic heterocycles. The van der Waals surface area contributed by atoms with Crippen LogP contribution in [0.15, 0.2) is 53.4 Å². The van der Waals surface area contributed by atoms with E-state index in [1.165, 1.54) is 4.31 Å². The van der Waals surface area contributed by atoms with Gasteiger partial charge in [-0.25, -0.2) is 8.42 Å². The lowest BCUT2D eigenvalue weighted by Crippen LogP contribution is -2.30. The van der Waals surface area contributed by atoms with Crippen molar-refractivity contribution < 1.29 is 13.2 Å². The van der Waals surface area contributed by atoms with Gasteiger partial charge in [-0.3, -0.25) is 4.79 Å². The third-order valence-corrected chi connectivity index (χ3v) is 6.69. The van der Waals surface area contributed by atoms with E-state index in [1.807, 2.05) is 32.9 Å². The number of nitrogens with zero attached hydrogens (tertiary/aromatic N) is 1. The smallest absolute Gasteiger partial charge is 0.243 e. The van der Waals surface area contributed by atoms with Crippen molar-refractivity contribution in [2.24, 2.45) is 0 Å². The van der Waals surface area contributed by atoms with Crippen LogP contribution in [0.3, 0.4) is 0 Å². The monoisotopic (exact) mass is 408 g/mol. The Labute approximate surface area is 166 Å². The summed E-state index contributed by atoms with van der Waals surface area (Å²) in [5.74, 6) is -0.107. The Morgan fingerprint density at radius 1 is 1.04 bits per heavy atom. The lowest BCUT2D eigenvalue weighted by molar-refractivity contribution is -0.121. The van der Waals surface area contributed by atoms with E-state index in [0.717, 1.165) is 11.1 Å². The molecule has 0 bridgehead atoms. The van der Waals surface area contributed by atoms with Crippen LogP contribution in [-0.2, 0) is 21.2 Å². The molecule has 7 heteroatoms. The maximum atomic E-state index is 12.5. The third kappa shape index (κ3) is 5.54. The molecule has 0 aliphatic carbocycles. The van der Waals surface area contributed by atoms with E-state index >= 15 is 0 Å². The highest BCUT2D eigenvalue weighted by Crippen LogP contribution is 2.19. The average molecular weight is 409 g/mol. The highest BCUT2D eigenvalue weighted by molar-refractivity contribution is 7.89. The second-order valence-corrected chi connectivity index (χ2v) is 8.63. The van der Waals surface area contributed by atoms with Crippen LogP contribution in [0.4, 0.5) is 0 Å². The van der Waals surface area contributed by atoms with Gasteiger partial charge in [0.25, 0.3) is 0 Å². The molecule has 0 heterocycles. The van der Waals surface area contributed by atoms with Gasteiger partial charge >= 0.3 is 0 Å². The van der Waals surface area contributed by atoms with Gasteiger partial charge in [0.2, 0.25) is 15.9 Å². The van der Waals surface area contributed by atoms with E-state index in [0.29, 0.717) is 18.1 Å². The number of carbonyl (C=O) groups is 1. The summed E-state index contributed by atoms with van der Waals surface area (Å²) in [7, 11) is -3.48. The van der Waals surface area contributed by atoms with Crippen molar-refractivity contribution in [2.75, 3.05) is 13.1 Å². The summed E-state index contributed by atoms with van der Waals surface area (Å²) in [6.07, 6.45) is 0.260. The highest BCUT2D eigenvalue weighted by atomic mass is 35.5. The summed E-state index contributed by atoms with van der Waals surface area (Å²) in [4.78, 5) is 12.5. The molecule has 0 spiro atoms. The predicted molar refractivity (Wildman–Crippen MR) is 108 cm³/mol. The number of halogens is 1. The largest absolute Gasteiger partial charge is 0.349 e. The van der Waals surface area contributed by atoms with Crippen LogP contribution in [0.1, 0.15) is 37.9 Å². The number of rotatable bonds is 8. The molecule has 0 fully saturated rings. The van der Waals surface area contributed by atoms with Gasteiger partial charge in [-0.2, -0.15) is 4.31 Å². The van der Waals surface area contributed by atoms with E-state index in [2.05, 4.69) is 5.32 Å². The molecule has 2 aromatic rings. The third-order valence-electron chi connectivity index (χ3n) is 4.38. The Kier molecular flexibility index (Phi) is 7.41. The number of carbonyl (C=O) groups excluding carboxylic acids is 1. The van der Waals surface area contributed by atoms with E-state index in [-0.39, 0.29) is 23.3 Å². The number of nitrogens with one attached hydrogen (secondary N) is 1. The van der Waals surface area contributed by atoms with Gasteiger partial charge in [0.05, 0.1) is 17.4 Å². The Morgan fingerprint density at radius 2 is 1.59 bits per heavy atom. The van der Waals surface area contributed by atoms with E-state index in [4.69, 9.17) is 11.6 Å². The molecule has 2 rings (SSSR count). The van der Waals surface area contributed by atoms with Gasteiger partial charge in [0, 0.05) is 18.1 Å². The van der Waals surface area contributed by atoms with Crippen LogP contribution in [0, 0.1) is 0 Å². The van der Waals surface area contributed by atoms with Crippen LogP contribution in [0.5, 0.6) is 0 Å². The van der Waals surface area contributed by atoms with Crippen molar-refractivity contribution in [3.8, 4) is 0 Å². The zero-order valence-electron chi connectivity index (χ0n) is 15.8. The Hall–Kier alpha value is -1.89. The Morgan fingerprint density at radius 3 is 2.11 bits per heavy atom. The number of sulfonamides is 1. The van der Waals surface area contributed by atoms with Gasteiger partial charge in [0.1, 0.15) is 0 Å². The van der Waals surface area contributed by atoms with Gasteiger partial charge in [0.15, 0.2) is 0 Å². The summed E-state index contributed by atoms with van der Waals surface area (Å²) in [6, 6.07) is 13.6. The lowest BCUT2D eigenvalue weighted by atomic mass is 10.1. The maximum absolute atomic E-state index is 12.5. The minimum atomic E-state index is -3.48. The molecule has 5 nitrogen and oxygen atoms in total. The number of hydrogen-bond acceptors (Lipinski definition) is 3. The molecule has 0 radical (unpaired) electrons. The van der Waals surface area contributed by atoms with Crippen molar-refractivity contribution in [1.82, 2.24) is 9.62 Å². The second kappa shape index (κ2) is 9.35. The van der Waals surface area contributed by atoms with Gasteiger partial charge in [-0.15, -0.1) is 0 Å². The Bertz CT molecular complexity index is 861. The van der Waals surface area contributed by atoms with Crippen LogP contribution in [0.25, 0.3) is 0 Å². The summed E-state index contributed by atoms with van der Waals surface area (Å²) in [5.41, 5.74) is 1.72. The summed E-state index contributed by atoms with van der Waals surface area (Å²) >= 11 is 5.85. The maximum Gasteiger partial charge on any atom is 0.243 e. The van der Waals surface area contributed by atoms with Crippen LogP contribution in [0.2, 0.25) is 5.02 Å². The minimum absolute atomic E-state index is 0.107. The summed E-state index contributed by atoms with van der Waals surface area (Å²) in [6.45, 7) is 6.35. The van der Waals surface area contributed by atoms with Crippen molar-refractivity contribution in [3.05, 3.63) is 64.7 Å². The molecule has 0 aliphatic rings. The van der Waals surface area contributed by atoms with Crippen LogP contribution < -0.4 is 5.32 Å². The minimum Gasteiger partial charge on any atom is -0.349 e. The molecule has 146 valence electrons. The highest BCUT2D eigenvalue weighted by Gasteiger charge is 2.21. The second-order valence-electron chi connectivity index (χ2n) is 6.25. The topological polar surface area (TPSA) is 66.5 Å². The van der Waals surface area contributed by atoms with E-state index in [1.54, 1.807) is 36.4 Å². The SMILES string of the molecule is CCN(CC)S(=O)(=O)c1ccc([C@@H](C)NC(=O)Cc2ccc(Cl)cc2)cc1. The number of benzene rings is 2. The molecular weight excluding hydrogens is 384 g/mol. The predicted octanol–water partition coefficient (Wildman–Crippen LogP) is 3.79.